The third kappa shape index (κ3) is 11.6. The van der Waals surface area contributed by atoms with Crippen molar-refractivity contribution in [3.63, 3.8) is 0 Å². The Morgan fingerprint density at radius 1 is 0.949 bits per heavy atom. The maximum absolute atomic E-state index is 12.7. The van der Waals surface area contributed by atoms with E-state index in [1.807, 2.05) is 12.1 Å². The van der Waals surface area contributed by atoms with Gasteiger partial charge in [0.25, 0.3) is 5.91 Å². The Kier molecular flexibility index (Phi) is 13.5. The van der Waals surface area contributed by atoms with Crippen molar-refractivity contribution in [1.29, 1.82) is 0 Å². The number of likely N-dealkylation sites (tertiary alicyclic amines) is 1. The molecule has 1 saturated heterocycles. The molecule has 2 amide bonds. The monoisotopic (exact) mass is 535 g/mol. The number of hydrogen-bond acceptors (Lipinski definition) is 5. The van der Waals surface area contributed by atoms with Crippen LogP contribution in [0.15, 0.2) is 60.7 Å². The summed E-state index contributed by atoms with van der Waals surface area (Å²) in [5, 5.41) is 5.78. The molecular formula is C32H45N3O4. The fourth-order valence-corrected chi connectivity index (χ4v) is 4.94. The quantitative estimate of drug-likeness (QED) is 0.230. The number of piperidine rings is 1. The summed E-state index contributed by atoms with van der Waals surface area (Å²) in [6.07, 6.45) is 7.59. The second-order valence-corrected chi connectivity index (χ2v) is 10.5. The van der Waals surface area contributed by atoms with Gasteiger partial charge in [0.2, 0.25) is 5.91 Å². The predicted octanol–water partition coefficient (Wildman–Crippen LogP) is 5.11. The molecule has 0 radical (unpaired) electrons. The van der Waals surface area contributed by atoms with Crippen LogP contribution in [0.3, 0.4) is 0 Å². The van der Waals surface area contributed by atoms with Gasteiger partial charge in [0.15, 0.2) is 0 Å². The number of unbranched alkanes of at least 4 members (excludes halogenated alkanes) is 3. The molecule has 39 heavy (non-hydrogen) atoms. The zero-order valence-electron chi connectivity index (χ0n) is 23.4. The lowest BCUT2D eigenvalue weighted by Gasteiger charge is -2.32. The molecule has 0 saturated carbocycles. The Labute approximate surface area is 233 Å². The molecule has 0 bridgehead atoms. The third-order valence-electron chi connectivity index (χ3n) is 7.36. The number of nitrogens with one attached hydrogen (secondary N) is 2. The largest absolute Gasteiger partial charge is 0.464 e. The van der Waals surface area contributed by atoms with Crippen LogP contribution in [0.4, 0.5) is 0 Å². The van der Waals surface area contributed by atoms with E-state index in [9.17, 15) is 14.4 Å². The lowest BCUT2D eigenvalue weighted by Crippen LogP contribution is -2.43. The van der Waals surface area contributed by atoms with E-state index < -0.39 is 12.0 Å². The first kappa shape index (κ1) is 30.4. The number of rotatable bonds is 16. The molecule has 1 unspecified atom stereocenters. The van der Waals surface area contributed by atoms with Crippen LogP contribution in [-0.2, 0) is 20.9 Å². The van der Waals surface area contributed by atoms with Gasteiger partial charge in [-0.3, -0.25) is 14.5 Å². The number of amides is 2. The molecule has 7 heteroatoms. The molecule has 0 aliphatic carbocycles. The SMILES string of the molecule is CCCCCCOC(=O)C(CCC(=O)NCCC1CCN(Cc2ccccc2)CC1)NC(=O)c1ccccc1. The summed E-state index contributed by atoms with van der Waals surface area (Å²) in [4.78, 5) is 40.5. The van der Waals surface area contributed by atoms with Gasteiger partial charge in [0.05, 0.1) is 6.61 Å². The van der Waals surface area contributed by atoms with Gasteiger partial charge in [-0.2, -0.15) is 0 Å². The van der Waals surface area contributed by atoms with E-state index in [0.29, 0.717) is 24.6 Å². The highest BCUT2D eigenvalue weighted by molar-refractivity contribution is 5.96. The van der Waals surface area contributed by atoms with Gasteiger partial charge < -0.3 is 15.4 Å². The van der Waals surface area contributed by atoms with Gasteiger partial charge in [-0.05, 0) is 68.8 Å². The number of carbonyl (C=O) groups is 3. The van der Waals surface area contributed by atoms with Crippen LogP contribution in [0, 0.1) is 5.92 Å². The molecule has 1 atom stereocenters. The number of ether oxygens (including phenoxy) is 1. The van der Waals surface area contributed by atoms with Gasteiger partial charge >= 0.3 is 5.97 Å². The van der Waals surface area contributed by atoms with Crippen molar-refractivity contribution < 1.29 is 19.1 Å². The predicted molar refractivity (Wildman–Crippen MR) is 154 cm³/mol. The first-order valence-electron chi connectivity index (χ1n) is 14.6. The van der Waals surface area contributed by atoms with Crippen LogP contribution >= 0.6 is 0 Å². The van der Waals surface area contributed by atoms with E-state index >= 15 is 0 Å². The van der Waals surface area contributed by atoms with Crippen molar-refractivity contribution in [3.05, 3.63) is 71.8 Å². The average Bonchev–Trinajstić information content (AvgIpc) is 2.97. The highest BCUT2D eigenvalue weighted by Crippen LogP contribution is 2.21. The standard InChI is InChI=1S/C32H45N3O4/c1-2-3-4-11-24-39-32(38)29(34-31(37)28-14-9-6-10-15-28)16-17-30(36)33-21-18-26-19-22-35(23-20-26)25-27-12-7-5-8-13-27/h5-10,12-15,26,29H,2-4,11,16-25H2,1H3,(H,33,36)(H,34,37). The van der Waals surface area contributed by atoms with E-state index in [1.165, 1.54) is 5.56 Å². The minimum Gasteiger partial charge on any atom is -0.464 e. The minimum absolute atomic E-state index is 0.105. The number of nitrogens with zero attached hydrogens (tertiary/aromatic N) is 1. The van der Waals surface area contributed by atoms with Crippen molar-refractivity contribution in [2.24, 2.45) is 5.92 Å². The van der Waals surface area contributed by atoms with Crippen molar-refractivity contribution in [2.45, 2.75) is 77.3 Å². The van der Waals surface area contributed by atoms with E-state index in [2.05, 4.69) is 46.7 Å². The average molecular weight is 536 g/mol. The van der Waals surface area contributed by atoms with Gasteiger partial charge in [-0.1, -0.05) is 74.7 Å². The molecule has 7 nitrogen and oxygen atoms in total. The topological polar surface area (TPSA) is 87.7 Å². The molecule has 1 heterocycles. The van der Waals surface area contributed by atoms with Gasteiger partial charge in [-0.25, -0.2) is 4.79 Å². The molecule has 1 aliphatic rings. The van der Waals surface area contributed by atoms with Crippen LogP contribution in [-0.4, -0.2) is 55.0 Å². The maximum Gasteiger partial charge on any atom is 0.328 e. The van der Waals surface area contributed by atoms with E-state index in [0.717, 1.165) is 64.6 Å². The molecule has 0 spiro atoms. The molecule has 212 valence electrons. The second kappa shape index (κ2) is 17.4. The number of esters is 1. The third-order valence-corrected chi connectivity index (χ3v) is 7.36. The lowest BCUT2D eigenvalue weighted by molar-refractivity contribution is -0.146. The Morgan fingerprint density at radius 3 is 2.33 bits per heavy atom. The van der Waals surface area contributed by atoms with Gasteiger partial charge in [0.1, 0.15) is 6.04 Å². The van der Waals surface area contributed by atoms with Crippen LogP contribution in [0.25, 0.3) is 0 Å². The van der Waals surface area contributed by atoms with E-state index in [-0.39, 0.29) is 24.7 Å². The fourth-order valence-electron chi connectivity index (χ4n) is 4.94. The van der Waals surface area contributed by atoms with Crippen LogP contribution in [0.2, 0.25) is 0 Å². The van der Waals surface area contributed by atoms with Crippen LogP contribution in [0.5, 0.6) is 0 Å². The molecule has 0 aromatic heterocycles. The van der Waals surface area contributed by atoms with Gasteiger partial charge in [-0.15, -0.1) is 0 Å². The zero-order chi connectivity index (χ0) is 27.7. The van der Waals surface area contributed by atoms with Crippen LogP contribution in [0.1, 0.15) is 80.6 Å². The summed E-state index contributed by atoms with van der Waals surface area (Å²) < 4.78 is 5.44. The highest BCUT2D eigenvalue weighted by Gasteiger charge is 2.24. The number of carbonyl (C=O) groups excluding carboxylic acids is 3. The van der Waals surface area contributed by atoms with E-state index in [1.54, 1.807) is 24.3 Å². The molecule has 2 aromatic rings. The van der Waals surface area contributed by atoms with Gasteiger partial charge in [0, 0.05) is 25.1 Å². The Bertz CT molecular complexity index is 991. The summed E-state index contributed by atoms with van der Waals surface area (Å²) >= 11 is 0. The molecular weight excluding hydrogens is 490 g/mol. The molecule has 1 aliphatic heterocycles. The first-order chi connectivity index (χ1) is 19.0. The Hall–Kier alpha value is -3.19. The van der Waals surface area contributed by atoms with Crippen molar-refractivity contribution >= 4 is 17.8 Å². The van der Waals surface area contributed by atoms with Crippen molar-refractivity contribution in [2.75, 3.05) is 26.2 Å². The normalized spacial score (nSPS) is 14.9. The molecule has 2 N–H and O–H groups in total. The summed E-state index contributed by atoms with van der Waals surface area (Å²) in [7, 11) is 0. The lowest BCUT2D eigenvalue weighted by atomic mass is 9.93. The smallest absolute Gasteiger partial charge is 0.328 e. The first-order valence-corrected chi connectivity index (χ1v) is 14.6. The minimum atomic E-state index is -0.858. The molecule has 2 aromatic carbocycles. The summed E-state index contributed by atoms with van der Waals surface area (Å²) in [6, 6.07) is 18.5. The second-order valence-electron chi connectivity index (χ2n) is 10.5. The highest BCUT2D eigenvalue weighted by atomic mass is 16.5. The summed E-state index contributed by atoms with van der Waals surface area (Å²) in [5.74, 6) is -0.322. The Balaban J connectivity index is 1.38. The molecule has 1 fully saturated rings. The Morgan fingerprint density at radius 2 is 1.64 bits per heavy atom. The number of hydrogen-bond donors (Lipinski definition) is 2. The molecule has 3 rings (SSSR count). The summed E-state index contributed by atoms with van der Waals surface area (Å²) in [5.41, 5.74) is 1.82. The van der Waals surface area contributed by atoms with E-state index in [4.69, 9.17) is 4.74 Å². The number of benzene rings is 2. The zero-order valence-corrected chi connectivity index (χ0v) is 23.4. The van der Waals surface area contributed by atoms with Crippen molar-refractivity contribution in [3.8, 4) is 0 Å². The van der Waals surface area contributed by atoms with Crippen LogP contribution < -0.4 is 10.6 Å². The summed E-state index contributed by atoms with van der Waals surface area (Å²) in [6.45, 7) is 6.24. The fraction of sp³-hybridized carbons (Fsp3) is 0.531. The van der Waals surface area contributed by atoms with Crippen molar-refractivity contribution in [1.82, 2.24) is 15.5 Å². The maximum atomic E-state index is 12.7.